The number of rotatable bonds is 2. The summed E-state index contributed by atoms with van der Waals surface area (Å²) in [7, 11) is 0. The lowest BCUT2D eigenvalue weighted by Gasteiger charge is -2.49. The summed E-state index contributed by atoms with van der Waals surface area (Å²) in [5.74, 6) is 0.768. The summed E-state index contributed by atoms with van der Waals surface area (Å²) in [6.45, 7) is 0. The Balaban J connectivity index is 1.23. The van der Waals surface area contributed by atoms with Gasteiger partial charge in [0.2, 0.25) is 0 Å². The van der Waals surface area contributed by atoms with Crippen LogP contribution < -0.4 is 10.3 Å². The Morgan fingerprint density at radius 3 is 2.09 bits per heavy atom. The Labute approximate surface area is 312 Å². The number of para-hydroxylation sites is 3. The Hall–Kier alpha value is -6.65. The van der Waals surface area contributed by atoms with Crippen LogP contribution >= 0.6 is 0 Å². The maximum Gasteiger partial charge on any atom is 0.200 e. The molecule has 3 aliphatic carbocycles. The molecule has 2 aromatic heterocycles. The molecular weight excluding hydrogens is 661 g/mol. The highest BCUT2D eigenvalue weighted by Crippen LogP contribution is 2.64. The molecule has 1 spiro atoms. The number of aromatic nitrogens is 1. The van der Waals surface area contributed by atoms with Gasteiger partial charge in [-0.1, -0.05) is 109 Å². The molecule has 256 valence electrons. The minimum atomic E-state index is -0.528. The van der Waals surface area contributed by atoms with Gasteiger partial charge in [0.15, 0.2) is 5.43 Å². The monoisotopic (exact) mass is 694 g/mol. The third kappa shape index (κ3) is 3.79. The molecule has 0 fully saturated rings. The molecule has 0 unspecified atom stereocenters. The van der Waals surface area contributed by atoms with Crippen molar-refractivity contribution in [1.82, 2.24) is 4.57 Å². The first kappa shape index (κ1) is 29.9. The lowest BCUT2D eigenvalue weighted by molar-refractivity contribution is 0.527. The SMILES string of the molecule is O=c1c2c(oc3ccccc13)CCC(N1C3=CCCC=C3C3(c4ccccc4-c4ccccc43)c3cc4c(cc31)c1ccccc1n4-c1ccccc1)=C2. The summed E-state index contributed by atoms with van der Waals surface area (Å²) >= 11 is 0. The number of hydrogen-bond acceptors (Lipinski definition) is 3. The summed E-state index contributed by atoms with van der Waals surface area (Å²) in [4.78, 5) is 16.6. The predicted octanol–water partition coefficient (Wildman–Crippen LogP) is 11.6. The largest absolute Gasteiger partial charge is 0.460 e. The van der Waals surface area contributed by atoms with Gasteiger partial charge in [-0.15, -0.1) is 0 Å². The molecule has 0 amide bonds. The average Bonchev–Trinajstić information content (AvgIpc) is 3.71. The summed E-state index contributed by atoms with van der Waals surface area (Å²) in [5, 5.41) is 3.05. The Kier molecular flexibility index (Phi) is 6.05. The highest BCUT2D eigenvalue weighted by Gasteiger charge is 2.54. The van der Waals surface area contributed by atoms with Crippen LogP contribution in [0.1, 0.15) is 47.3 Å². The van der Waals surface area contributed by atoms with E-state index in [0.29, 0.717) is 23.0 Å². The fourth-order valence-electron chi connectivity index (χ4n) is 10.2. The minimum Gasteiger partial charge on any atom is -0.460 e. The van der Waals surface area contributed by atoms with Gasteiger partial charge in [-0.3, -0.25) is 4.79 Å². The number of benzene rings is 6. The van der Waals surface area contributed by atoms with Crippen LogP contribution in [0.25, 0.3) is 55.7 Å². The molecule has 12 rings (SSSR count). The molecule has 4 aliphatic rings. The second-order valence-electron chi connectivity index (χ2n) is 14.9. The molecule has 54 heavy (non-hydrogen) atoms. The molecule has 8 aromatic rings. The van der Waals surface area contributed by atoms with Gasteiger partial charge in [-0.2, -0.15) is 0 Å². The van der Waals surface area contributed by atoms with Gasteiger partial charge < -0.3 is 13.9 Å². The van der Waals surface area contributed by atoms with Crippen LogP contribution in [0.4, 0.5) is 5.69 Å². The first-order valence-electron chi connectivity index (χ1n) is 19.0. The smallest absolute Gasteiger partial charge is 0.200 e. The standard InChI is InChI=1S/C50H34N2O2/c53-49-36-19-7-13-25-47(36)54-48-27-26-32(28-38(48)49)52-44-24-12-10-22-41(44)50(39-20-8-4-16-33(39)34-17-5-9-21-40(34)50)42-30-45-37(29-46(42)52)35-18-6-11-23-43(35)51(45)31-14-2-1-3-15-31/h1-9,11,13-25,28-30H,10,12,26-27H2. The maximum absolute atomic E-state index is 14.1. The van der Waals surface area contributed by atoms with Gasteiger partial charge in [0, 0.05) is 34.3 Å². The Morgan fingerprint density at radius 2 is 1.28 bits per heavy atom. The lowest BCUT2D eigenvalue weighted by Crippen LogP contribution is -2.42. The minimum absolute atomic E-state index is 0.0335. The highest BCUT2D eigenvalue weighted by atomic mass is 16.3. The van der Waals surface area contributed by atoms with Crippen LogP contribution in [0.5, 0.6) is 0 Å². The van der Waals surface area contributed by atoms with E-state index in [0.717, 1.165) is 42.1 Å². The fraction of sp³-hybridized carbons (Fsp3) is 0.100. The molecular formula is C50H34N2O2. The first-order chi connectivity index (χ1) is 26.7. The molecule has 0 radical (unpaired) electrons. The molecule has 0 N–H and O–H groups in total. The molecule has 0 saturated heterocycles. The van der Waals surface area contributed by atoms with E-state index in [2.05, 4.69) is 143 Å². The molecule has 0 saturated carbocycles. The van der Waals surface area contributed by atoms with Crippen molar-refractivity contribution < 1.29 is 4.42 Å². The molecule has 3 heterocycles. The van der Waals surface area contributed by atoms with Gasteiger partial charge in [-0.25, -0.2) is 0 Å². The molecule has 4 heteroatoms. The topological polar surface area (TPSA) is 38.4 Å². The third-order valence-corrected chi connectivity index (χ3v) is 12.3. The zero-order valence-corrected chi connectivity index (χ0v) is 29.6. The number of allylic oxidation sites excluding steroid dienone is 4. The number of hydrogen-bond donors (Lipinski definition) is 0. The zero-order chi connectivity index (χ0) is 35.5. The summed E-state index contributed by atoms with van der Waals surface area (Å²) in [6.07, 6.45) is 10.4. The van der Waals surface area contributed by atoms with Crippen molar-refractivity contribution in [3.05, 3.63) is 207 Å². The van der Waals surface area contributed by atoms with Gasteiger partial charge in [0.25, 0.3) is 0 Å². The van der Waals surface area contributed by atoms with Gasteiger partial charge in [0.1, 0.15) is 11.3 Å². The molecule has 4 nitrogen and oxygen atoms in total. The van der Waals surface area contributed by atoms with E-state index in [4.69, 9.17) is 4.42 Å². The Morgan fingerprint density at radius 1 is 0.593 bits per heavy atom. The van der Waals surface area contributed by atoms with Crippen LogP contribution in [-0.2, 0) is 11.8 Å². The van der Waals surface area contributed by atoms with Crippen molar-refractivity contribution >= 4 is 44.5 Å². The predicted molar refractivity (Wildman–Crippen MR) is 219 cm³/mol. The second-order valence-corrected chi connectivity index (χ2v) is 14.9. The maximum atomic E-state index is 14.1. The van der Waals surface area contributed by atoms with Crippen molar-refractivity contribution in [3.8, 4) is 16.8 Å². The van der Waals surface area contributed by atoms with Crippen LogP contribution in [0.15, 0.2) is 178 Å². The first-order valence-corrected chi connectivity index (χ1v) is 19.0. The number of anilines is 1. The Bertz CT molecular complexity index is 3040. The van der Waals surface area contributed by atoms with E-state index in [1.54, 1.807) is 0 Å². The van der Waals surface area contributed by atoms with Crippen molar-refractivity contribution in [2.75, 3.05) is 4.90 Å². The molecule has 1 aliphatic heterocycles. The summed E-state index contributed by atoms with van der Waals surface area (Å²) in [6, 6.07) is 50.1. The average molecular weight is 695 g/mol. The number of aryl methyl sites for hydroxylation is 1. The van der Waals surface area contributed by atoms with Crippen LogP contribution in [0.2, 0.25) is 0 Å². The molecule has 0 bridgehead atoms. The summed E-state index contributed by atoms with van der Waals surface area (Å²) < 4.78 is 8.82. The van der Waals surface area contributed by atoms with Crippen molar-refractivity contribution in [2.45, 2.75) is 31.1 Å². The van der Waals surface area contributed by atoms with Crippen molar-refractivity contribution in [1.29, 1.82) is 0 Å². The lowest BCUT2D eigenvalue weighted by atomic mass is 9.62. The van der Waals surface area contributed by atoms with Crippen LogP contribution in [-0.4, -0.2) is 4.57 Å². The van der Waals surface area contributed by atoms with E-state index in [1.165, 1.54) is 60.9 Å². The molecule has 0 atom stereocenters. The van der Waals surface area contributed by atoms with Crippen molar-refractivity contribution in [2.24, 2.45) is 0 Å². The van der Waals surface area contributed by atoms with E-state index in [-0.39, 0.29) is 5.43 Å². The van der Waals surface area contributed by atoms with Gasteiger partial charge >= 0.3 is 0 Å². The number of fused-ring (bicyclic) bond motifs is 14. The van der Waals surface area contributed by atoms with E-state index in [9.17, 15) is 4.79 Å². The van der Waals surface area contributed by atoms with Crippen molar-refractivity contribution in [3.63, 3.8) is 0 Å². The van der Waals surface area contributed by atoms with Gasteiger partial charge in [-0.05, 0) is 101 Å². The fourth-order valence-corrected chi connectivity index (χ4v) is 10.2. The van der Waals surface area contributed by atoms with Gasteiger partial charge in [0.05, 0.1) is 33.1 Å². The van der Waals surface area contributed by atoms with Crippen LogP contribution in [0, 0.1) is 0 Å². The number of nitrogens with zero attached hydrogens (tertiary/aromatic N) is 2. The summed E-state index contributed by atoms with van der Waals surface area (Å²) in [5.41, 5.74) is 15.6. The zero-order valence-electron chi connectivity index (χ0n) is 29.6. The quantitative estimate of drug-likeness (QED) is 0.181. The highest BCUT2D eigenvalue weighted by molar-refractivity contribution is 6.12. The normalized spacial score (nSPS) is 16.4. The molecule has 6 aromatic carbocycles. The third-order valence-electron chi connectivity index (χ3n) is 12.3. The second kappa shape index (κ2) is 10.9. The van der Waals surface area contributed by atoms with E-state index in [1.807, 2.05) is 24.3 Å². The van der Waals surface area contributed by atoms with Crippen LogP contribution in [0.3, 0.4) is 0 Å². The van der Waals surface area contributed by atoms with E-state index < -0.39 is 5.41 Å². The van der Waals surface area contributed by atoms with E-state index >= 15 is 0 Å².